The third-order valence-electron chi connectivity index (χ3n) is 4.32. The van der Waals surface area contributed by atoms with E-state index in [1.807, 2.05) is 0 Å². The molecule has 0 aromatic heterocycles. The van der Waals surface area contributed by atoms with Crippen molar-refractivity contribution < 1.29 is 0 Å². The molecule has 0 aliphatic rings. The van der Waals surface area contributed by atoms with Gasteiger partial charge in [-0.2, -0.15) is 0 Å². The monoisotopic (exact) mass is 280 g/mol. The molecule has 1 aromatic rings. The topological polar surface area (TPSA) is 0 Å². The molecule has 0 radical (unpaired) electrons. The molecule has 0 bridgehead atoms. The summed E-state index contributed by atoms with van der Waals surface area (Å²) >= 11 is 6.29. The molecule has 19 heavy (non-hydrogen) atoms. The van der Waals surface area contributed by atoms with Crippen LogP contribution in [-0.2, 0) is 6.42 Å². The van der Waals surface area contributed by atoms with Gasteiger partial charge in [0.15, 0.2) is 0 Å². The van der Waals surface area contributed by atoms with E-state index >= 15 is 0 Å². The Morgan fingerprint density at radius 3 is 2.16 bits per heavy atom. The highest BCUT2D eigenvalue weighted by atomic mass is 35.5. The van der Waals surface area contributed by atoms with Gasteiger partial charge in [0.1, 0.15) is 0 Å². The van der Waals surface area contributed by atoms with Crippen molar-refractivity contribution in [3.8, 4) is 0 Å². The summed E-state index contributed by atoms with van der Waals surface area (Å²) in [5.74, 6) is 1.38. The Morgan fingerprint density at radius 2 is 1.74 bits per heavy atom. The average Bonchev–Trinajstić information content (AvgIpc) is 2.44. The molecular formula is C18H29Cl. The molecule has 1 unspecified atom stereocenters. The third-order valence-corrected chi connectivity index (χ3v) is 4.89. The minimum absolute atomic E-state index is 0.289. The standard InChI is InChI=1S/C18H29Cl/c1-5-7-12-18(6-2,14-19)13-16-8-10-17(11-9-16)15(3)4/h8-11,15H,5-7,12-14H2,1-4H3. The van der Waals surface area contributed by atoms with Gasteiger partial charge in [0.05, 0.1) is 0 Å². The van der Waals surface area contributed by atoms with Crippen LogP contribution in [0.25, 0.3) is 0 Å². The van der Waals surface area contributed by atoms with E-state index in [9.17, 15) is 0 Å². The summed E-state index contributed by atoms with van der Waals surface area (Å²) in [6.07, 6.45) is 6.07. The summed E-state index contributed by atoms with van der Waals surface area (Å²) in [6, 6.07) is 9.12. The lowest BCUT2D eigenvalue weighted by molar-refractivity contribution is 0.279. The zero-order valence-corrected chi connectivity index (χ0v) is 13.8. The fraction of sp³-hybridized carbons (Fsp3) is 0.667. The predicted octanol–water partition coefficient (Wildman–Crippen LogP) is 6.18. The van der Waals surface area contributed by atoms with E-state index in [2.05, 4.69) is 52.0 Å². The van der Waals surface area contributed by atoms with Gasteiger partial charge >= 0.3 is 0 Å². The molecule has 1 atom stereocenters. The molecule has 0 spiro atoms. The first-order valence-electron chi connectivity index (χ1n) is 7.71. The number of hydrogen-bond acceptors (Lipinski definition) is 0. The summed E-state index contributed by atoms with van der Waals surface area (Å²) < 4.78 is 0. The zero-order valence-electron chi connectivity index (χ0n) is 13.0. The van der Waals surface area contributed by atoms with Crippen molar-refractivity contribution in [1.29, 1.82) is 0 Å². The summed E-state index contributed by atoms with van der Waals surface area (Å²) in [6.45, 7) is 9.02. The second kappa shape index (κ2) is 7.94. The first-order valence-corrected chi connectivity index (χ1v) is 8.25. The van der Waals surface area contributed by atoms with Gasteiger partial charge < -0.3 is 0 Å². The lowest BCUT2D eigenvalue weighted by Gasteiger charge is -2.31. The summed E-state index contributed by atoms with van der Waals surface area (Å²) in [4.78, 5) is 0. The molecule has 0 aliphatic carbocycles. The number of halogens is 1. The van der Waals surface area contributed by atoms with Crippen LogP contribution in [0.4, 0.5) is 0 Å². The summed E-state index contributed by atoms with van der Waals surface area (Å²) in [5.41, 5.74) is 3.14. The van der Waals surface area contributed by atoms with Crippen molar-refractivity contribution in [2.24, 2.45) is 5.41 Å². The van der Waals surface area contributed by atoms with Crippen LogP contribution in [0.15, 0.2) is 24.3 Å². The van der Waals surface area contributed by atoms with E-state index in [4.69, 9.17) is 11.6 Å². The molecule has 1 rings (SSSR count). The van der Waals surface area contributed by atoms with E-state index in [0.717, 1.165) is 12.3 Å². The van der Waals surface area contributed by atoms with Gasteiger partial charge in [0.2, 0.25) is 0 Å². The average molecular weight is 281 g/mol. The highest BCUT2D eigenvalue weighted by Gasteiger charge is 2.26. The molecule has 0 saturated heterocycles. The van der Waals surface area contributed by atoms with Crippen LogP contribution >= 0.6 is 11.6 Å². The largest absolute Gasteiger partial charge is 0.126 e. The maximum atomic E-state index is 6.29. The normalized spacial score (nSPS) is 14.6. The molecule has 0 heterocycles. The second-order valence-electron chi connectivity index (χ2n) is 6.16. The van der Waals surface area contributed by atoms with Crippen LogP contribution in [0, 0.1) is 5.41 Å². The maximum Gasteiger partial charge on any atom is 0.0283 e. The van der Waals surface area contributed by atoms with Crippen molar-refractivity contribution >= 4 is 11.6 Å². The first kappa shape index (κ1) is 16.6. The molecule has 0 aliphatic heterocycles. The van der Waals surface area contributed by atoms with Crippen LogP contribution in [0.5, 0.6) is 0 Å². The van der Waals surface area contributed by atoms with E-state index in [0.29, 0.717) is 5.92 Å². The number of alkyl halides is 1. The summed E-state index contributed by atoms with van der Waals surface area (Å²) in [5, 5.41) is 0. The van der Waals surface area contributed by atoms with Crippen molar-refractivity contribution in [2.45, 2.75) is 65.7 Å². The van der Waals surface area contributed by atoms with E-state index in [1.54, 1.807) is 0 Å². The number of unbranched alkanes of at least 4 members (excludes halogenated alkanes) is 1. The molecule has 1 aromatic carbocycles. The quantitative estimate of drug-likeness (QED) is 0.499. The molecule has 108 valence electrons. The van der Waals surface area contributed by atoms with Crippen molar-refractivity contribution in [1.82, 2.24) is 0 Å². The van der Waals surface area contributed by atoms with Crippen LogP contribution in [0.2, 0.25) is 0 Å². The van der Waals surface area contributed by atoms with Gasteiger partial charge in [-0.3, -0.25) is 0 Å². The van der Waals surface area contributed by atoms with Gasteiger partial charge in [-0.15, -0.1) is 11.6 Å². The lowest BCUT2D eigenvalue weighted by atomic mass is 9.77. The fourth-order valence-corrected chi connectivity index (χ4v) is 3.02. The molecule has 0 amide bonds. The SMILES string of the molecule is CCCCC(CC)(CCl)Cc1ccc(C(C)C)cc1. The van der Waals surface area contributed by atoms with Gasteiger partial charge in [0.25, 0.3) is 0 Å². The first-order chi connectivity index (χ1) is 9.06. The number of rotatable bonds is 8. The fourth-order valence-electron chi connectivity index (χ4n) is 2.60. The van der Waals surface area contributed by atoms with E-state index < -0.39 is 0 Å². The van der Waals surface area contributed by atoms with Gasteiger partial charge in [-0.1, -0.05) is 64.8 Å². The van der Waals surface area contributed by atoms with E-state index in [1.165, 1.54) is 36.8 Å². The second-order valence-corrected chi connectivity index (χ2v) is 6.43. The smallest absolute Gasteiger partial charge is 0.0283 e. The van der Waals surface area contributed by atoms with Crippen LogP contribution in [0.3, 0.4) is 0 Å². The molecule has 1 heteroatoms. The Labute approximate surface area is 124 Å². The van der Waals surface area contributed by atoms with Gasteiger partial charge in [0, 0.05) is 5.88 Å². The number of benzene rings is 1. The molecule has 0 fully saturated rings. The Hall–Kier alpha value is -0.490. The predicted molar refractivity (Wildman–Crippen MR) is 87.2 cm³/mol. The number of hydrogen-bond donors (Lipinski definition) is 0. The van der Waals surface area contributed by atoms with Crippen LogP contribution in [-0.4, -0.2) is 5.88 Å². The minimum atomic E-state index is 0.289. The molecular weight excluding hydrogens is 252 g/mol. The molecule has 0 nitrogen and oxygen atoms in total. The Morgan fingerprint density at radius 1 is 1.11 bits per heavy atom. The van der Waals surface area contributed by atoms with Gasteiger partial charge in [-0.05, 0) is 41.7 Å². The minimum Gasteiger partial charge on any atom is -0.126 e. The maximum absolute atomic E-state index is 6.29. The lowest BCUT2D eigenvalue weighted by Crippen LogP contribution is -2.25. The highest BCUT2D eigenvalue weighted by molar-refractivity contribution is 6.18. The van der Waals surface area contributed by atoms with Crippen molar-refractivity contribution in [3.05, 3.63) is 35.4 Å². The summed E-state index contributed by atoms with van der Waals surface area (Å²) in [7, 11) is 0. The van der Waals surface area contributed by atoms with Crippen LogP contribution < -0.4 is 0 Å². The molecule has 0 N–H and O–H groups in total. The third kappa shape index (κ3) is 4.84. The van der Waals surface area contributed by atoms with Crippen LogP contribution in [0.1, 0.15) is 70.4 Å². The Balaban J connectivity index is 2.78. The van der Waals surface area contributed by atoms with E-state index in [-0.39, 0.29) is 5.41 Å². The van der Waals surface area contributed by atoms with Crippen molar-refractivity contribution in [3.63, 3.8) is 0 Å². The van der Waals surface area contributed by atoms with Crippen molar-refractivity contribution in [2.75, 3.05) is 5.88 Å². The molecule has 0 saturated carbocycles. The Bertz CT molecular complexity index is 346. The zero-order chi connectivity index (χ0) is 14.3. The van der Waals surface area contributed by atoms with Gasteiger partial charge in [-0.25, -0.2) is 0 Å². The highest BCUT2D eigenvalue weighted by Crippen LogP contribution is 2.34. The Kier molecular flexibility index (Phi) is 6.93.